The van der Waals surface area contributed by atoms with Crippen molar-refractivity contribution in [2.24, 2.45) is 11.1 Å². The van der Waals surface area contributed by atoms with Crippen molar-refractivity contribution in [1.29, 1.82) is 0 Å². The average molecular weight is 509 g/mol. The van der Waals surface area contributed by atoms with Gasteiger partial charge in [-0.25, -0.2) is 0 Å². The van der Waals surface area contributed by atoms with Gasteiger partial charge >= 0.3 is 6.18 Å². The second-order valence-electron chi connectivity index (χ2n) is 7.75. The number of carbonyl (C=O) groups is 1. The summed E-state index contributed by atoms with van der Waals surface area (Å²) in [6, 6.07) is 8.12. The van der Waals surface area contributed by atoms with Crippen molar-refractivity contribution in [2.45, 2.75) is 38.5 Å². The number of rotatable bonds is 6. The van der Waals surface area contributed by atoms with Crippen LogP contribution in [-0.4, -0.2) is 17.8 Å². The molecule has 0 saturated heterocycles. The van der Waals surface area contributed by atoms with Crippen molar-refractivity contribution in [3.63, 3.8) is 0 Å². The average Bonchev–Trinajstić information content (AvgIpc) is 3.13. The number of halogens is 6. The van der Waals surface area contributed by atoms with Crippen LogP contribution in [0.1, 0.15) is 37.8 Å². The highest BCUT2D eigenvalue weighted by Gasteiger charge is 2.62. The van der Waals surface area contributed by atoms with Crippen LogP contribution < -0.4 is 10.9 Å². The van der Waals surface area contributed by atoms with E-state index in [1.807, 2.05) is 13.8 Å². The van der Waals surface area contributed by atoms with Gasteiger partial charge in [0.1, 0.15) is 0 Å². The van der Waals surface area contributed by atoms with E-state index in [-0.39, 0.29) is 38.2 Å². The highest BCUT2D eigenvalue weighted by Crippen LogP contribution is 2.49. The van der Waals surface area contributed by atoms with E-state index in [0.717, 1.165) is 12.1 Å². The molecule has 0 fully saturated rings. The van der Waals surface area contributed by atoms with Crippen molar-refractivity contribution >= 4 is 52.1 Å². The summed E-state index contributed by atoms with van der Waals surface area (Å²) in [6.45, 7) is 3.79. The Bertz CT molecular complexity index is 1040. The third-order valence-corrected chi connectivity index (χ3v) is 5.51. The van der Waals surface area contributed by atoms with Crippen LogP contribution in [0.2, 0.25) is 15.1 Å². The Labute approximate surface area is 197 Å². The first-order valence-electron chi connectivity index (χ1n) is 9.54. The summed E-state index contributed by atoms with van der Waals surface area (Å²) in [7, 11) is 0. The number of hydrazine groups is 1. The molecule has 0 aromatic heterocycles. The summed E-state index contributed by atoms with van der Waals surface area (Å²) < 4.78 is 42.4. The maximum Gasteiger partial charge on any atom is 0.435 e. The van der Waals surface area contributed by atoms with Crippen LogP contribution in [0, 0.1) is 5.92 Å². The molecule has 2 aromatic rings. The summed E-state index contributed by atoms with van der Waals surface area (Å²) in [5, 5.41) is 4.07. The standard InChI is InChI=1S/C21H19Cl3F3N3O2/c1-11(2)5-19(31)29-28-17-6-12(3-4-16(17)24)18-10-20(32-30-18,21(25,26)27)13-7-14(22)9-15(23)8-13/h3-4,6-9,11,28H,5,10H2,1-2H3,(H,29,31). The minimum atomic E-state index is -4.80. The van der Waals surface area contributed by atoms with Gasteiger partial charge in [-0.2, -0.15) is 13.2 Å². The zero-order chi connectivity index (χ0) is 23.7. The molecule has 0 aliphatic carbocycles. The fraction of sp³-hybridized carbons (Fsp3) is 0.333. The molecule has 1 heterocycles. The van der Waals surface area contributed by atoms with Gasteiger partial charge in [0.2, 0.25) is 5.91 Å². The molecule has 1 aliphatic rings. The number of nitrogens with zero attached hydrogens (tertiary/aromatic N) is 1. The molecule has 0 radical (unpaired) electrons. The number of benzene rings is 2. The van der Waals surface area contributed by atoms with Crippen molar-refractivity contribution in [2.75, 3.05) is 5.43 Å². The Morgan fingerprint density at radius 2 is 1.81 bits per heavy atom. The second kappa shape index (κ2) is 9.37. The summed E-state index contributed by atoms with van der Waals surface area (Å²) in [5.74, 6) is -0.101. The first-order chi connectivity index (χ1) is 14.9. The van der Waals surface area contributed by atoms with E-state index in [1.54, 1.807) is 0 Å². The van der Waals surface area contributed by atoms with E-state index in [2.05, 4.69) is 16.0 Å². The predicted molar refractivity (Wildman–Crippen MR) is 119 cm³/mol. The van der Waals surface area contributed by atoms with E-state index in [1.165, 1.54) is 24.3 Å². The van der Waals surface area contributed by atoms with E-state index < -0.39 is 18.2 Å². The van der Waals surface area contributed by atoms with Crippen molar-refractivity contribution in [3.8, 4) is 0 Å². The molecule has 32 heavy (non-hydrogen) atoms. The molecule has 2 aromatic carbocycles. The van der Waals surface area contributed by atoms with Gasteiger partial charge in [-0.1, -0.05) is 59.9 Å². The molecule has 3 rings (SSSR count). The normalized spacial score (nSPS) is 18.3. The number of anilines is 1. The van der Waals surface area contributed by atoms with Gasteiger partial charge in [0.15, 0.2) is 0 Å². The van der Waals surface area contributed by atoms with Gasteiger partial charge in [-0.3, -0.25) is 15.6 Å². The van der Waals surface area contributed by atoms with Crippen LogP contribution in [0.3, 0.4) is 0 Å². The zero-order valence-electron chi connectivity index (χ0n) is 17.0. The number of alkyl halides is 3. The number of nitrogens with one attached hydrogen (secondary N) is 2. The summed E-state index contributed by atoms with van der Waals surface area (Å²) in [4.78, 5) is 16.9. The smallest absolute Gasteiger partial charge is 0.374 e. The van der Waals surface area contributed by atoms with Crippen molar-refractivity contribution in [3.05, 3.63) is 62.6 Å². The topological polar surface area (TPSA) is 62.7 Å². The Morgan fingerprint density at radius 1 is 1.16 bits per heavy atom. The fourth-order valence-corrected chi connectivity index (χ4v) is 3.90. The van der Waals surface area contributed by atoms with Crippen molar-refractivity contribution in [1.82, 2.24) is 5.43 Å². The lowest BCUT2D eigenvalue weighted by molar-refractivity contribution is -0.275. The molecule has 0 spiro atoms. The van der Waals surface area contributed by atoms with Gasteiger partial charge in [0, 0.05) is 34.0 Å². The third kappa shape index (κ3) is 5.24. The molecule has 172 valence electrons. The molecule has 5 nitrogen and oxygen atoms in total. The zero-order valence-corrected chi connectivity index (χ0v) is 19.3. The Hall–Kier alpha value is -2.16. The first-order valence-corrected chi connectivity index (χ1v) is 10.7. The second-order valence-corrected chi connectivity index (χ2v) is 9.03. The van der Waals surface area contributed by atoms with Gasteiger partial charge in [-0.05, 0) is 36.2 Å². The van der Waals surface area contributed by atoms with E-state index >= 15 is 0 Å². The minimum absolute atomic E-state index is 0.0447. The minimum Gasteiger partial charge on any atom is -0.374 e. The van der Waals surface area contributed by atoms with Gasteiger partial charge in [0.25, 0.3) is 5.60 Å². The Morgan fingerprint density at radius 3 is 2.41 bits per heavy atom. The lowest BCUT2D eigenvalue weighted by Gasteiger charge is -2.29. The fourth-order valence-electron chi connectivity index (χ4n) is 3.20. The van der Waals surface area contributed by atoms with Gasteiger partial charge in [0.05, 0.1) is 16.4 Å². The molecule has 1 unspecified atom stereocenters. The van der Waals surface area contributed by atoms with E-state index in [4.69, 9.17) is 39.6 Å². The lowest BCUT2D eigenvalue weighted by atomic mass is 9.86. The number of amides is 1. The Kier molecular flexibility index (Phi) is 7.17. The van der Waals surface area contributed by atoms with Gasteiger partial charge in [-0.15, -0.1) is 0 Å². The number of hydrogen-bond acceptors (Lipinski definition) is 4. The quantitative estimate of drug-likeness (QED) is 0.426. The highest BCUT2D eigenvalue weighted by molar-refractivity contribution is 6.34. The molecular weight excluding hydrogens is 490 g/mol. The van der Waals surface area contributed by atoms with Crippen LogP contribution in [0.5, 0.6) is 0 Å². The molecule has 11 heteroatoms. The number of carbonyl (C=O) groups excluding carboxylic acids is 1. The maximum atomic E-state index is 14.1. The lowest BCUT2D eigenvalue weighted by Crippen LogP contribution is -2.42. The highest BCUT2D eigenvalue weighted by atomic mass is 35.5. The van der Waals surface area contributed by atoms with Crippen LogP contribution in [0.4, 0.5) is 18.9 Å². The number of hydrogen-bond donors (Lipinski definition) is 2. The van der Waals surface area contributed by atoms with Crippen LogP contribution in [0.25, 0.3) is 0 Å². The van der Waals surface area contributed by atoms with Crippen molar-refractivity contribution < 1.29 is 22.8 Å². The molecule has 0 saturated carbocycles. The monoisotopic (exact) mass is 507 g/mol. The summed E-state index contributed by atoms with van der Waals surface area (Å²) >= 11 is 18.0. The first kappa shape index (κ1) is 24.5. The maximum absolute atomic E-state index is 14.1. The van der Waals surface area contributed by atoms with E-state index in [0.29, 0.717) is 17.7 Å². The van der Waals surface area contributed by atoms with E-state index in [9.17, 15) is 18.0 Å². The van der Waals surface area contributed by atoms with Crippen LogP contribution in [-0.2, 0) is 15.2 Å². The van der Waals surface area contributed by atoms with Gasteiger partial charge < -0.3 is 4.84 Å². The summed E-state index contributed by atoms with van der Waals surface area (Å²) in [6.07, 6.45) is -5.11. The number of oxime groups is 1. The van der Waals surface area contributed by atoms with Crippen LogP contribution >= 0.6 is 34.8 Å². The molecule has 1 amide bonds. The largest absolute Gasteiger partial charge is 0.435 e. The predicted octanol–water partition coefficient (Wildman–Crippen LogP) is 6.72. The molecular formula is C21H19Cl3F3N3O2. The van der Waals surface area contributed by atoms with Crippen LogP contribution in [0.15, 0.2) is 41.6 Å². The SMILES string of the molecule is CC(C)CC(=O)NNc1cc(C2=NOC(c3cc(Cl)cc(Cl)c3)(C(F)(F)F)C2)ccc1Cl. The third-order valence-electron chi connectivity index (χ3n) is 4.74. The molecule has 1 atom stereocenters. The molecule has 1 aliphatic heterocycles. The summed E-state index contributed by atoms with van der Waals surface area (Å²) in [5.41, 5.74) is 2.91. The Balaban J connectivity index is 1.87. The molecule has 2 N–H and O–H groups in total. The molecule has 0 bridgehead atoms.